The molecule has 16 heavy (non-hydrogen) atoms. The lowest BCUT2D eigenvalue weighted by Crippen LogP contribution is -2.17. The van der Waals surface area contributed by atoms with E-state index < -0.39 is 0 Å². The predicted octanol–water partition coefficient (Wildman–Crippen LogP) is 3.63. The first kappa shape index (κ1) is 14.0. The average Bonchev–Trinajstić information content (AvgIpc) is 2.68. The molecule has 1 saturated carbocycles. The molecule has 0 aromatic heterocycles. The molecule has 2 atom stereocenters. The summed E-state index contributed by atoms with van der Waals surface area (Å²) in [5, 5.41) is 0. The number of ether oxygens (including phenoxy) is 1. The van der Waals surface area contributed by atoms with Gasteiger partial charge in [0.25, 0.3) is 0 Å². The van der Waals surface area contributed by atoms with Crippen molar-refractivity contribution in [3.8, 4) is 0 Å². The second-order valence-corrected chi connectivity index (χ2v) is 5.19. The van der Waals surface area contributed by atoms with Gasteiger partial charge >= 0.3 is 0 Å². The minimum Gasteiger partial charge on any atom is -0.378 e. The summed E-state index contributed by atoms with van der Waals surface area (Å²) in [6, 6.07) is 0.402. The highest BCUT2D eigenvalue weighted by Crippen LogP contribution is 2.20. The van der Waals surface area contributed by atoms with Crippen molar-refractivity contribution in [1.29, 1.82) is 0 Å². The van der Waals surface area contributed by atoms with Crippen LogP contribution in [0, 0.1) is 0 Å². The predicted molar refractivity (Wildman–Crippen MR) is 69.6 cm³/mol. The normalized spacial score (nSPS) is 25.1. The van der Waals surface area contributed by atoms with Gasteiger partial charge < -0.3 is 10.5 Å². The fourth-order valence-electron chi connectivity index (χ4n) is 2.43. The molecule has 1 rings (SSSR count). The van der Waals surface area contributed by atoms with Crippen LogP contribution in [0.3, 0.4) is 0 Å². The summed E-state index contributed by atoms with van der Waals surface area (Å²) in [5.74, 6) is 0. The van der Waals surface area contributed by atoms with Gasteiger partial charge in [0.15, 0.2) is 0 Å². The molecule has 0 spiro atoms. The first-order chi connectivity index (χ1) is 7.83. The van der Waals surface area contributed by atoms with Gasteiger partial charge in [0.2, 0.25) is 0 Å². The number of nitrogens with two attached hydrogens (primary N) is 1. The lowest BCUT2D eigenvalue weighted by molar-refractivity contribution is 0.0548. The van der Waals surface area contributed by atoms with Crippen LogP contribution in [0.4, 0.5) is 0 Å². The Morgan fingerprint density at radius 3 is 2.31 bits per heavy atom. The van der Waals surface area contributed by atoms with Gasteiger partial charge in [0, 0.05) is 12.6 Å². The Morgan fingerprint density at radius 1 is 1.00 bits per heavy atom. The van der Waals surface area contributed by atoms with Crippen molar-refractivity contribution in [2.75, 3.05) is 6.61 Å². The van der Waals surface area contributed by atoms with E-state index in [0.717, 1.165) is 19.4 Å². The topological polar surface area (TPSA) is 35.2 Å². The standard InChI is InChI=1S/C14H29NO/c1-2-3-4-5-6-7-8-11-16-14-10-9-13(15)12-14/h13-14H,2-12,15H2,1H3. The summed E-state index contributed by atoms with van der Waals surface area (Å²) < 4.78 is 5.82. The Morgan fingerprint density at radius 2 is 1.69 bits per heavy atom. The zero-order chi connectivity index (χ0) is 11.6. The van der Waals surface area contributed by atoms with E-state index in [0.29, 0.717) is 12.1 Å². The smallest absolute Gasteiger partial charge is 0.0590 e. The molecule has 1 aliphatic rings. The SMILES string of the molecule is CCCCCCCCCOC1CCC(N)C1. The Balaban J connectivity index is 1.78. The third-order valence-electron chi connectivity index (χ3n) is 3.53. The van der Waals surface area contributed by atoms with Crippen molar-refractivity contribution in [2.45, 2.75) is 83.3 Å². The van der Waals surface area contributed by atoms with Crippen LogP contribution in [0.5, 0.6) is 0 Å². The molecule has 1 aliphatic carbocycles. The highest BCUT2D eigenvalue weighted by atomic mass is 16.5. The molecule has 2 N–H and O–H groups in total. The van der Waals surface area contributed by atoms with E-state index >= 15 is 0 Å². The van der Waals surface area contributed by atoms with Crippen molar-refractivity contribution in [2.24, 2.45) is 5.73 Å². The van der Waals surface area contributed by atoms with E-state index in [1.165, 1.54) is 51.4 Å². The molecule has 0 radical (unpaired) electrons. The molecule has 2 heteroatoms. The third kappa shape index (κ3) is 6.49. The van der Waals surface area contributed by atoms with E-state index in [1.54, 1.807) is 0 Å². The Hall–Kier alpha value is -0.0800. The fourth-order valence-corrected chi connectivity index (χ4v) is 2.43. The van der Waals surface area contributed by atoms with Crippen LogP contribution in [0.15, 0.2) is 0 Å². The highest BCUT2D eigenvalue weighted by Gasteiger charge is 2.21. The summed E-state index contributed by atoms with van der Waals surface area (Å²) in [7, 11) is 0. The maximum absolute atomic E-state index is 5.84. The van der Waals surface area contributed by atoms with E-state index in [2.05, 4.69) is 6.92 Å². The summed E-state index contributed by atoms with van der Waals surface area (Å²) in [5.41, 5.74) is 5.84. The quantitative estimate of drug-likeness (QED) is 0.610. The van der Waals surface area contributed by atoms with Gasteiger partial charge in [0.1, 0.15) is 0 Å². The van der Waals surface area contributed by atoms with Crippen LogP contribution in [0.25, 0.3) is 0 Å². The van der Waals surface area contributed by atoms with E-state index in [4.69, 9.17) is 10.5 Å². The molecule has 0 heterocycles. The van der Waals surface area contributed by atoms with Gasteiger partial charge in [-0.15, -0.1) is 0 Å². The Bertz CT molecular complexity index is 161. The van der Waals surface area contributed by atoms with Crippen molar-refractivity contribution in [3.63, 3.8) is 0 Å². The minimum atomic E-state index is 0.402. The van der Waals surface area contributed by atoms with Crippen molar-refractivity contribution >= 4 is 0 Å². The molecular formula is C14H29NO. The van der Waals surface area contributed by atoms with Gasteiger partial charge in [-0.3, -0.25) is 0 Å². The zero-order valence-electron chi connectivity index (χ0n) is 10.9. The van der Waals surface area contributed by atoms with Crippen LogP contribution in [-0.4, -0.2) is 18.8 Å². The lowest BCUT2D eigenvalue weighted by Gasteiger charge is -2.11. The van der Waals surface area contributed by atoms with Crippen LogP contribution in [-0.2, 0) is 4.74 Å². The number of hydrogen-bond acceptors (Lipinski definition) is 2. The molecule has 0 bridgehead atoms. The molecule has 96 valence electrons. The number of unbranched alkanes of at least 4 members (excludes halogenated alkanes) is 6. The molecule has 0 aromatic carbocycles. The van der Waals surface area contributed by atoms with Crippen LogP contribution in [0.2, 0.25) is 0 Å². The summed E-state index contributed by atoms with van der Waals surface area (Å²) in [6.45, 7) is 3.21. The van der Waals surface area contributed by atoms with Gasteiger partial charge in [0.05, 0.1) is 6.10 Å². The van der Waals surface area contributed by atoms with Crippen LogP contribution >= 0.6 is 0 Å². The second kappa shape index (κ2) is 9.00. The number of hydrogen-bond donors (Lipinski definition) is 1. The van der Waals surface area contributed by atoms with Gasteiger partial charge in [-0.25, -0.2) is 0 Å². The zero-order valence-corrected chi connectivity index (χ0v) is 10.9. The lowest BCUT2D eigenvalue weighted by atomic mass is 10.1. The Kier molecular flexibility index (Phi) is 7.87. The van der Waals surface area contributed by atoms with Gasteiger partial charge in [-0.1, -0.05) is 45.4 Å². The Labute approximate surface area is 101 Å². The molecular weight excluding hydrogens is 198 g/mol. The van der Waals surface area contributed by atoms with Crippen LogP contribution in [0.1, 0.15) is 71.1 Å². The van der Waals surface area contributed by atoms with Crippen molar-refractivity contribution in [3.05, 3.63) is 0 Å². The monoisotopic (exact) mass is 227 g/mol. The maximum Gasteiger partial charge on any atom is 0.0590 e. The van der Waals surface area contributed by atoms with Crippen molar-refractivity contribution in [1.82, 2.24) is 0 Å². The molecule has 1 fully saturated rings. The molecule has 0 amide bonds. The molecule has 0 saturated heterocycles. The number of rotatable bonds is 9. The summed E-state index contributed by atoms with van der Waals surface area (Å²) >= 11 is 0. The van der Waals surface area contributed by atoms with Crippen LogP contribution < -0.4 is 5.73 Å². The fraction of sp³-hybridized carbons (Fsp3) is 1.00. The molecule has 0 aromatic rings. The highest BCUT2D eigenvalue weighted by molar-refractivity contribution is 4.77. The minimum absolute atomic E-state index is 0.402. The van der Waals surface area contributed by atoms with E-state index in [-0.39, 0.29) is 0 Å². The molecule has 0 aliphatic heterocycles. The maximum atomic E-state index is 5.84. The molecule has 2 unspecified atom stereocenters. The summed E-state index contributed by atoms with van der Waals surface area (Å²) in [6.07, 6.45) is 13.4. The molecule has 2 nitrogen and oxygen atoms in total. The average molecular weight is 227 g/mol. The van der Waals surface area contributed by atoms with Gasteiger partial charge in [-0.2, -0.15) is 0 Å². The third-order valence-corrected chi connectivity index (χ3v) is 3.53. The van der Waals surface area contributed by atoms with E-state index in [9.17, 15) is 0 Å². The first-order valence-electron chi connectivity index (χ1n) is 7.20. The van der Waals surface area contributed by atoms with E-state index in [1.807, 2.05) is 0 Å². The first-order valence-corrected chi connectivity index (χ1v) is 7.20. The van der Waals surface area contributed by atoms with Crippen molar-refractivity contribution < 1.29 is 4.74 Å². The largest absolute Gasteiger partial charge is 0.378 e. The summed E-state index contributed by atoms with van der Waals surface area (Å²) in [4.78, 5) is 0. The van der Waals surface area contributed by atoms with Gasteiger partial charge in [-0.05, 0) is 25.7 Å². The second-order valence-electron chi connectivity index (χ2n) is 5.19.